The standard InChI is InChI=1S/C25H19ClF2O6/c26-19-8-4-1-5-13(19)9-15(23(30)25(33)34)12-21(29)14-10-18(22(28)20(27)11-14)16-6-2-3-7-17(16)24(31)32/h1-8,10-11,15,23,30H,9,12H2,(H,31,32)(H,33,34)/t15-,23+/m0/s1. The number of aromatic carboxylic acids is 1. The minimum absolute atomic E-state index is 0.0583. The number of aliphatic hydroxyl groups is 1. The maximum atomic E-state index is 14.6. The number of rotatable bonds is 9. The van der Waals surface area contributed by atoms with Gasteiger partial charge in [0.15, 0.2) is 23.5 Å². The highest BCUT2D eigenvalue weighted by Crippen LogP contribution is 2.31. The lowest BCUT2D eigenvalue weighted by Crippen LogP contribution is -2.32. The minimum Gasteiger partial charge on any atom is -0.479 e. The third-order valence-electron chi connectivity index (χ3n) is 5.38. The van der Waals surface area contributed by atoms with Gasteiger partial charge in [0, 0.05) is 28.5 Å². The monoisotopic (exact) mass is 488 g/mol. The predicted molar refractivity (Wildman–Crippen MR) is 120 cm³/mol. The molecule has 0 saturated carbocycles. The smallest absolute Gasteiger partial charge is 0.336 e. The highest BCUT2D eigenvalue weighted by molar-refractivity contribution is 6.31. The molecule has 3 aromatic carbocycles. The fourth-order valence-corrected chi connectivity index (χ4v) is 3.86. The summed E-state index contributed by atoms with van der Waals surface area (Å²) >= 11 is 6.12. The van der Waals surface area contributed by atoms with Crippen molar-refractivity contribution in [3.8, 4) is 11.1 Å². The van der Waals surface area contributed by atoms with Crippen molar-refractivity contribution < 1.29 is 38.5 Å². The Hall–Kier alpha value is -3.62. The zero-order valence-electron chi connectivity index (χ0n) is 17.5. The highest BCUT2D eigenvalue weighted by atomic mass is 35.5. The number of ketones is 1. The van der Waals surface area contributed by atoms with Gasteiger partial charge in [0.05, 0.1) is 5.56 Å². The molecule has 0 radical (unpaired) electrons. The molecular formula is C25H19ClF2O6. The number of benzene rings is 3. The number of carbonyl (C=O) groups excluding carboxylic acids is 1. The van der Waals surface area contributed by atoms with Crippen molar-refractivity contribution >= 4 is 29.3 Å². The van der Waals surface area contributed by atoms with Crippen LogP contribution in [0.3, 0.4) is 0 Å². The zero-order chi connectivity index (χ0) is 25.0. The van der Waals surface area contributed by atoms with E-state index in [1.807, 2.05) is 0 Å². The summed E-state index contributed by atoms with van der Waals surface area (Å²) in [6.07, 6.45) is -2.49. The summed E-state index contributed by atoms with van der Waals surface area (Å²) < 4.78 is 29.0. The fourth-order valence-electron chi connectivity index (χ4n) is 3.65. The van der Waals surface area contributed by atoms with Crippen molar-refractivity contribution in [3.63, 3.8) is 0 Å². The Morgan fingerprint density at radius 2 is 1.56 bits per heavy atom. The van der Waals surface area contributed by atoms with Gasteiger partial charge < -0.3 is 15.3 Å². The van der Waals surface area contributed by atoms with Crippen LogP contribution in [0.1, 0.15) is 32.7 Å². The molecule has 2 atom stereocenters. The first kappa shape index (κ1) is 25.0. The third kappa shape index (κ3) is 5.47. The Labute approximate surface area is 198 Å². The molecule has 0 aliphatic carbocycles. The third-order valence-corrected chi connectivity index (χ3v) is 5.75. The van der Waals surface area contributed by atoms with E-state index < -0.39 is 53.4 Å². The fraction of sp³-hybridized carbons (Fsp3) is 0.160. The van der Waals surface area contributed by atoms with Gasteiger partial charge in [-0.1, -0.05) is 48.0 Å². The van der Waals surface area contributed by atoms with Crippen LogP contribution in [0.25, 0.3) is 11.1 Å². The van der Waals surface area contributed by atoms with E-state index >= 15 is 0 Å². The summed E-state index contributed by atoms with van der Waals surface area (Å²) in [5, 5.41) is 29.1. The van der Waals surface area contributed by atoms with E-state index in [-0.39, 0.29) is 23.1 Å². The lowest BCUT2D eigenvalue weighted by Gasteiger charge is -2.20. The average Bonchev–Trinajstić information content (AvgIpc) is 2.80. The molecule has 3 rings (SSSR count). The van der Waals surface area contributed by atoms with Crippen molar-refractivity contribution in [2.45, 2.75) is 18.9 Å². The van der Waals surface area contributed by atoms with E-state index in [2.05, 4.69) is 0 Å². The average molecular weight is 489 g/mol. The first-order valence-corrected chi connectivity index (χ1v) is 10.5. The number of Topliss-reactive ketones (excluding diaryl/α,β-unsaturated/α-hetero) is 1. The van der Waals surface area contributed by atoms with Gasteiger partial charge in [-0.3, -0.25) is 4.79 Å². The number of hydrogen-bond donors (Lipinski definition) is 3. The van der Waals surface area contributed by atoms with Crippen molar-refractivity contribution in [2.24, 2.45) is 5.92 Å². The number of carboxylic acid groups (broad SMARTS) is 2. The highest BCUT2D eigenvalue weighted by Gasteiger charge is 2.30. The van der Waals surface area contributed by atoms with Gasteiger partial charge >= 0.3 is 11.9 Å². The van der Waals surface area contributed by atoms with Gasteiger partial charge in [-0.05, 0) is 41.8 Å². The SMILES string of the molecule is O=C(C[C@H](Cc1ccccc1Cl)[C@@H](O)C(=O)O)c1cc(F)c(F)c(-c2ccccc2C(=O)O)c1. The maximum absolute atomic E-state index is 14.6. The summed E-state index contributed by atoms with van der Waals surface area (Å²) in [5.74, 6) is -7.49. The Morgan fingerprint density at radius 3 is 2.21 bits per heavy atom. The molecule has 34 heavy (non-hydrogen) atoms. The molecule has 3 aromatic rings. The van der Waals surface area contributed by atoms with Crippen LogP contribution in [0.2, 0.25) is 5.02 Å². The van der Waals surface area contributed by atoms with Gasteiger partial charge in [-0.15, -0.1) is 0 Å². The summed E-state index contributed by atoms with van der Waals surface area (Å²) in [4.78, 5) is 35.9. The lowest BCUT2D eigenvalue weighted by atomic mass is 9.87. The molecule has 0 fully saturated rings. The second-order valence-corrected chi connectivity index (χ2v) is 8.04. The van der Waals surface area contributed by atoms with Crippen LogP contribution in [-0.4, -0.2) is 39.1 Å². The van der Waals surface area contributed by atoms with E-state index in [4.69, 9.17) is 11.6 Å². The molecule has 0 heterocycles. The van der Waals surface area contributed by atoms with Gasteiger partial charge in [-0.2, -0.15) is 0 Å². The summed E-state index contributed by atoms with van der Waals surface area (Å²) in [7, 11) is 0. The second kappa shape index (κ2) is 10.5. The normalized spacial score (nSPS) is 12.7. The molecule has 6 nitrogen and oxygen atoms in total. The van der Waals surface area contributed by atoms with Gasteiger partial charge in [-0.25, -0.2) is 18.4 Å². The van der Waals surface area contributed by atoms with Crippen LogP contribution in [0, 0.1) is 17.6 Å². The summed E-state index contributed by atoms with van der Waals surface area (Å²) in [6.45, 7) is 0. The Balaban J connectivity index is 1.99. The molecule has 0 aliphatic rings. The van der Waals surface area contributed by atoms with Crippen LogP contribution < -0.4 is 0 Å². The molecular weight excluding hydrogens is 470 g/mol. The predicted octanol–water partition coefficient (Wildman–Crippen LogP) is 4.86. The summed E-state index contributed by atoms with van der Waals surface area (Å²) in [5.41, 5.74) is -0.634. The first-order chi connectivity index (χ1) is 16.1. The molecule has 176 valence electrons. The van der Waals surface area contributed by atoms with Crippen LogP contribution in [0.15, 0.2) is 60.7 Å². The molecule has 0 aromatic heterocycles. The van der Waals surface area contributed by atoms with Gasteiger partial charge in [0.1, 0.15) is 0 Å². The van der Waals surface area contributed by atoms with Crippen LogP contribution in [-0.2, 0) is 11.2 Å². The minimum atomic E-state index is -1.92. The molecule has 3 N–H and O–H groups in total. The van der Waals surface area contributed by atoms with Crippen LogP contribution >= 0.6 is 11.6 Å². The molecule has 0 aliphatic heterocycles. The number of halogens is 3. The second-order valence-electron chi connectivity index (χ2n) is 7.64. The van der Waals surface area contributed by atoms with Crippen molar-refractivity contribution in [1.29, 1.82) is 0 Å². The molecule has 9 heteroatoms. The van der Waals surface area contributed by atoms with E-state index in [0.29, 0.717) is 16.7 Å². The van der Waals surface area contributed by atoms with E-state index in [0.717, 1.165) is 6.07 Å². The van der Waals surface area contributed by atoms with Crippen molar-refractivity contribution in [1.82, 2.24) is 0 Å². The van der Waals surface area contributed by atoms with Gasteiger partial charge in [0.2, 0.25) is 0 Å². The largest absolute Gasteiger partial charge is 0.479 e. The van der Waals surface area contributed by atoms with Crippen molar-refractivity contribution in [2.75, 3.05) is 0 Å². The zero-order valence-corrected chi connectivity index (χ0v) is 18.3. The van der Waals surface area contributed by atoms with E-state index in [9.17, 15) is 38.5 Å². The lowest BCUT2D eigenvalue weighted by molar-refractivity contribution is -0.149. The van der Waals surface area contributed by atoms with E-state index in [1.54, 1.807) is 24.3 Å². The Bertz CT molecular complexity index is 1260. The number of carbonyl (C=O) groups is 3. The molecule has 0 spiro atoms. The maximum Gasteiger partial charge on any atom is 0.336 e. The number of carboxylic acids is 2. The topological polar surface area (TPSA) is 112 Å². The van der Waals surface area contributed by atoms with Crippen molar-refractivity contribution in [3.05, 3.63) is 94.0 Å². The summed E-state index contributed by atoms with van der Waals surface area (Å²) in [6, 6.07) is 13.5. The Kier molecular flexibility index (Phi) is 7.75. The first-order valence-electron chi connectivity index (χ1n) is 10.1. The number of aliphatic hydroxyl groups excluding tert-OH is 1. The Morgan fingerprint density at radius 1 is 0.912 bits per heavy atom. The molecule has 0 saturated heterocycles. The van der Waals surface area contributed by atoms with Crippen LogP contribution in [0.5, 0.6) is 0 Å². The number of hydrogen-bond acceptors (Lipinski definition) is 4. The van der Waals surface area contributed by atoms with Crippen LogP contribution in [0.4, 0.5) is 8.78 Å². The van der Waals surface area contributed by atoms with E-state index in [1.165, 1.54) is 24.3 Å². The quantitative estimate of drug-likeness (QED) is 0.371. The number of aliphatic carboxylic acids is 1. The molecule has 0 bridgehead atoms. The molecule has 0 unspecified atom stereocenters. The van der Waals surface area contributed by atoms with Gasteiger partial charge in [0.25, 0.3) is 0 Å². The molecule has 0 amide bonds.